The monoisotopic (exact) mass is 223 g/mol. The molecule has 2 unspecified atom stereocenters. The van der Waals surface area contributed by atoms with Crippen LogP contribution in [0, 0.1) is 11.7 Å². The Balaban J connectivity index is 1.75. The third-order valence-electron chi connectivity index (χ3n) is 3.16. The molecule has 0 aliphatic carbocycles. The quantitative estimate of drug-likeness (QED) is 0.846. The van der Waals surface area contributed by atoms with Gasteiger partial charge in [0.25, 0.3) is 0 Å². The fourth-order valence-corrected chi connectivity index (χ4v) is 2.09. The molecule has 2 atom stereocenters. The van der Waals surface area contributed by atoms with Crippen LogP contribution < -0.4 is 5.32 Å². The zero-order valence-electron chi connectivity index (χ0n) is 9.58. The SMILES string of the molecule is CC1OCCC1CNCc1cccc(F)c1. The Morgan fingerprint density at radius 1 is 1.50 bits per heavy atom. The molecule has 1 saturated heterocycles. The van der Waals surface area contributed by atoms with E-state index in [2.05, 4.69) is 12.2 Å². The average molecular weight is 223 g/mol. The van der Waals surface area contributed by atoms with Crippen molar-refractivity contribution in [3.05, 3.63) is 35.6 Å². The van der Waals surface area contributed by atoms with Crippen LogP contribution in [0.5, 0.6) is 0 Å². The summed E-state index contributed by atoms with van der Waals surface area (Å²) in [5.74, 6) is 0.422. The molecule has 2 rings (SSSR count). The van der Waals surface area contributed by atoms with Gasteiger partial charge >= 0.3 is 0 Å². The Morgan fingerprint density at radius 2 is 2.38 bits per heavy atom. The Bertz CT molecular complexity index is 342. The van der Waals surface area contributed by atoms with Crippen molar-refractivity contribution >= 4 is 0 Å². The Kier molecular flexibility index (Phi) is 3.91. The summed E-state index contributed by atoms with van der Waals surface area (Å²) >= 11 is 0. The maximum absolute atomic E-state index is 12.9. The van der Waals surface area contributed by atoms with E-state index in [1.807, 2.05) is 6.07 Å². The van der Waals surface area contributed by atoms with Gasteiger partial charge in [-0.15, -0.1) is 0 Å². The van der Waals surface area contributed by atoms with Crippen molar-refractivity contribution in [1.82, 2.24) is 5.32 Å². The molecular weight excluding hydrogens is 205 g/mol. The summed E-state index contributed by atoms with van der Waals surface area (Å²) in [6.45, 7) is 4.65. The van der Waals surface area contributed by atoms with Crippen molar-refractivity contribution < 1.29 is 9.13 Å². The van der Waals surface area contributed by atoms with Crippen LogP contribution in [0.25, 0.3) is 0 Å². The summed E-state index contributed by atoms with van der Waals surface area (Å²) < 4.78 is 18.4. The second-order valence-corrected chi connectivity index (χ2v) is 4.39. The van der Waals surface area contributed by atoms with Crippen LogP contribution in [0.3, 0.4) is 0 Å². The molecular formula is C13H18FNO. The summed E-state index contributed by atoms with van der Waals surface area (Å²) in [6.07, 6.45) is 1.47. The van der Waals surface area contributed by atoms with Crippen LogP contribution in [-0.4, -0.2) is 19.3 Å². The topological polar surface area (TPSA) is 21.3 Å². The van der Waals surface area contributed by atoms with Gasteiger partial charge in [0, 0.05) is 19.7 Å². The molecule has 1 N–H and O–H groups in total. The minimum atomic E-state index is -0.170. The first-order valence-corrected chi connectivity index (χ1v) is 5.82. The van der Waals surface area contributed by atoms with E-state index < -0.39 is 0 Å². The molecule has 0 spiro atoms. The number of hydrogen-bond donors (Lipinski definition) is 1. The third-order valence-corrected chi connectivity index (χ3v) is 3.16. The standard InChI is InChI=1S/C13H18FNO/c1-10-12(5-6-16-10)9-15-8-11-3-2-4-13(14)7-11/h2-4,7,10,12,15H,5-6,8-9H2,1H3. The van der Waals surface area contributed by atoms with Gasteiger partial charge in [-0.1, -0.05) is 12.1 Å². The van der Waals surface area contributed by atoms with E-state index in [1.54, 1.807) is 12.1 Å². The van der Waals surface area contributed by atoms with Gasteiger partial charge in [0.15, 0.2) is 0 Å². The molecule has 1 aliphatic heterocycles. The Morgan fingerprint density at radius 3 is 3.06 bits per heavy atom. The second kappa shape index (κ2) is 5.41. The molecule has 3 heteroatoms. The van der Waals surface area contributed by atoms with Crippen LogP contribution in [0.1, 0.15) is 18.9 Å². The molecule has 88 valence electrons. The molecule has 16 heavy (non-hydrogen) atoms. The first kappa shape index (κ1) is 11.6. The fraction of sp³-hybridized carbons (Fsp3) is 0.538. The number of hydrogen-bond acceptors (Lipinski definition) is 2. The van der Waals surface area contributed by atoms with Crippen molar-refractivity contribution in [2.75, 3.05) is 13.2 Å². The van der Waals surface area contributed by atoms with Crippen LogP contribution in [-0.2, 0) is 11.3 Å². The largest absolute Gasteiger partial charge is 0.378 e. The van der Waals surface area contributed by atoms with Crippen LogP contribution >= 0.6 is 0 Å². The van der Waals surface area contributed by atoms with Crippen molar-refractivity contribution in [3.8, 4) is 0 Å². The van der Waals surface area contributed by atoms with Gasteiger partial charge in [-0.3, -0.25) is 0 Å². The lowest BCUT2D eigenvalue weighted by molar-refractivity contribution is 0.105. The van der Waals surface area contributed by atoms with Gasteiger partial charge in [-0.25, -0.2) is 4.39 Å². The van der Waals surface area contributed by atoms with Gasteiger partial charge < -0.3 is 10.1 Å². The fourth-order valence-electron chi connectivity index (χ4n) is 2.09. The van der Waals surface area contributed by atoms with Crippen molar-refractivity contribution in [3.63, 3.8) is 0 Å². The first-order valence-electron chi connectivity index (χ1n) is 5.82. The average Bonchev–Trinajstić information content (AvgIpc) is 2.65. The second-order valence-electron chi connectivity index (χ2n) is 4.39. The molecule has 1 heterocycles. The highest BCUT2D eigenvalue weighted by molar-refractivity contribution is 5.15. The zero-order valence-corrected chi connectivity index (χ0v) is 9.58. The predicted molar refractivity (Wildman–Crippen MR) is 61.6 cm³/mol. The Hall–Kier alpha value is -0.930. The van der Waals surface area contributed by atoms with Gasteiger partial charge in [0.2, 0.25) is 0 Å². The van der Waals surface area contributed by atoms with Gasteiger partial charge in [0.1, 0.15) is 5.82 Å². The van der Waals surface area contributed by atoms with Gasteiger partial charge in [-0.05, 0) is 37.0 Å². The lowest BCUT2D eigenvalue weighted by atomic mass is 10.0. The molecule has 1 fully saturated rings. The number of nitrogens with one attached hydrogen (secondary N) is 1. The highest BCUT2D eigenvalue weighted by atomic mass is 19.1. The molecule has 1 aromatic carbocycles. The molecule has 0 bridgehead atoms. The van der Waals surface area contributed by atoms with E-state index in [4.69, 9.17) is 4.74 Å². The number of halogens is 1. The van der Waals surface area contributed by atoms with Crippen molar-refractivity contribution in [1.29, 1.82) is 0 Å². The third kappa shape index (κ3) is 3.03. The summed E-state index contributed by atoms with van der Waals surface area (Å²) in [6, 6.07) is 6.72. The van der Waals surface area contributed by atoms with E-state index in [1.165, 1.54) is 6.07 Å². The van der Waals surface area contributed by atoms with Crippen LogP contribution in [0.15, 0.2) is 24.3 Å². The molecule has 0 radical (unpaired) electrons. The minimum absolute atomic E-state index is 0.170. The predicted octanol–water partition coefficient (Wildman–Crippen LogP) is 2.34. The number of ether oxygens (including phenoxy) is 1. The minimum Gasteiger partial charge on any atom is -0.378 e. The number of rotatable bonds is 4. The highest BCUT2D eigenvalue weighted by Crippen LogP contribution is 2.19. The summed E-state index contributed by atoms with van der Waals surface area (Å²) in [7, 11) is 0. The summed E-state index contributed by atoms with van der Waals surface area (Å²) in [5.41, 5.74) is 0.992. The molecule has 0 amide bonds. The number of benzene rings is 1. The van der Waals surface area contributed by atoms with E-state index in [0.717, 1.165) is 31.7 Å². The molecule has 1 aromatic rings. The lowest BCUT2D eigenvalue weighted by Gasteiger charge is -2.14. The van der Waals surface area contributed by atoms with Crippen LogP contribution in [0.4, 0.5) is 4.39 Å². The summed E-state index contributed by atoms with van der Waals surface area (Å²) in [4.78, 5) is 0. The highest BCUT2D eigenvalue weighted by Gasteiger charge is 2.23. The smallest absolute Gasteiger partial charge is 0.123 e. The molecule has 0 saturated carbocycles. The normalized spacial score (nSPS) is 24.9. The maximum atomic E-state index is 12.9. The van der Waals surface area contributed by atoms with Crippen molar-refractivity contribution in [2.45, 2.75) is 26.0 Å². The maximum Gasteiger partial charge on any atom is 0.123 e. The lowest BCUT2D eigenvalue weighted by Crippen LogP contribution is -2.26. The molecule has 1 aliphatic rings. The molecule has 2 nitrogen and oxygen atoms in total. The van der Waals surface area contributed by atoms with Gasteiger partial charge in [-0.2, -0.15) is 0 Å². The summed E-state index contributed by atoms with van der Waals surface area (Å²) in [5, 5.41) is 3.35. The van der Waals surface area contributed by atoms with E-state index in [-0.39, 0.29) is 5.82 Å². The van der Waals surface area contributed by atoms with E-state index >= 15 is 0 Å². The van der Waals surface area contributed by atoms with Gasteiger partial charge in [0.05, 0.1) is 6.10 Å². The molecule has 0 aromatic heterocycles. The zero-order chi connectivity index (χ0) is 11.4. The first-order chi connectivity index (χ1) is 7.75. The van der Waals surface area contributed by atoms with Crippen LogP contribution in [0.2, 0.25) is 0 Å². The van der Waals surface area contributed by atoms with E-state index in [9.17, 15) is 4.39 Å². The Labute approximate surface area is 95.8 Å². The van der Waals surface area contributed by atoms with Crippen molar-refractivity contribution in [2.24, 2.45) is 5.92 Å². The van der Waals surface area contributed by atoms with E-state index in [0.29, 0.717) is 12.0 Å².